The number of likely N-dealkylation sites (N-methyl/N-ethyl adjacent to an activating group) is 1. The lowest BCUT2D eigenvalue weighted by atomic mass is 10.2. The molecular formula is C19H20ClN3O4S2. The molecule has 2 aromatic carbocycles. The van der Waals surface area contributed by atoms with Gasteiger partial charge in [-0.25, -0.2) is 8.42 Å². The molecule has 0 atom stereocenters. The number of aromatic nitrogens is 1. The summed E-state index contributed by atoms with van der Waals surface area (Å²) in [6, 6.07) is 11.0. The van der Waals surface area contributed by atoms with Crippen molar-refractivity contribution in [1.82, 2.24) is 8.87 Å². The number of anilines is 1. The summed E-state index contributed by atoms with van der Waals surface area (Å²) in [6.45, 7) is 3.51. The Bertz CT molecular complexity index is 1210. The molecule has 0 fully saturated rings. The van der Waals surface area contributed by atoms with Crippen LogP contribution in [0, 0.1) is 0 Å². The fourth-order valence-electron chi connectivity index (χ4n) is 2.88. The van der Waals surface area contributed by atoms with Crippen LogP contribution in [0.2, 0.25) is 5.02 Å². The highest BCUT2D eigenvalue weighted by molar-refractivity contribution is 7.89. The molecule has 0 aliphatic heterocycles. The number of hydrogen-bond acceptors (Lipinski definition) is 5. The van der Waals surface area contributed by atoms with Crippen LogP contribution in [0.15, 0.2) is 52.2 Å². The molecule has 0 saturated carbocycles. The van der Waals surface area contributed by atoms with Gasteiger partial charge in [0, 0.05) is 23.8 Å². The molecule has 154 valence electrons. The summed E-state index contributed by atoms with van der Waals surface area (Å²) < 4.78 is 28.6. The number of fused-ring (bicyclic) bond motifs is 1. The number of nitrogens with zero attached hydrogens (tertiary/aromatic N) is 2. The van der Waals surface area contributed by atoms with Crippen molar-refractivity contribution in [3.8, 4) is 0 Å². The molecule has 0 aliphatic rings. The predicted molar refractivity (Wildman–Crippen MR) is 116 cm³/mol. The lowest BCUT2D eigenvalue weighted by Gasteiger charge is -2.17. The minimum absolute atomic E-state index is 0.0309. The van der Waals surface area contributed by atoms with E-state index in [9.17, 15) is 18.0 Å². The first kappa shape index (κ1) is 21.5. The second-order valence-electron chi connectivity index (χ2n) is 6.78. The van der Waals surface area contributed by atoms with Crippen LogP contribution in [0.4, 0.5) is 5.69 Å². The number of amides is 1. The molecule has 1 aromatic heterocycles. The quantitative estimate of drug-likeness (QED) is 0.618. The Morgan fingerprint density at radius 2 is 1.86 bits per heavy atom. The third-order valence-corrected chi connectivity index (χ3v) is 7.29. The molecule has 1 amide bonds. The second kappa shape index (κ2) is 8.27. The number of thiazole rings is 1. The number of carbonyl (C=O) groups is 1. The molecule has 1 heterocycles. The van der Waals surface area contributed by atoms with Crippen LogP contribution in [0.3, 0.4) is 0 Å². The second-order valence-corrected chi connectivity index (χ2v) is 10.3. The van der Waals surface area contributed by atoms with Gasteiger partial charge in [0.1, 0.15) is 0 Å². The van der Waals surface area contributed by atoms with E-state index < -0.39 is 15.9 Å². The van der Waals surface area contributed by atoms with E-state index in [1.165, 1.54) is 31.3 Å². The first-order valence-electron chi connectivity index (χ1n) is 8.76. The highest BCUT2D eigenvalue weighted by atomic mass is 35.5. The van der Waals surface area contributed by atoms with Crippen molar-refractivity contribution in [3.63, 3.8) is 0 Å². The molecule has 3 rings (SSSR count). The van der Waals surface area contributed by atoms with Gasteiger partial charge < -0.3 is 5.32 Å². The highest BCUT2D eigenvalue weighted by Gasteiger charge is 2.23. The lowest BCUT2D eigenvalue weighted by Crippen LogP contribution is -2.34. The van der Waals surface area contributed by atoms with E-state index >= 15 is 0 Å². The van der Waals surface area contributed by atoms with Crippen molar-refractivity contribution in [2.75, 3.05) is 18.9 Å². The van der Waals surface area contributed by atoms with E-state index in [1.54, 1.807) is 22.8 Å². The standard InChI is InChI=1S/C19H20ClN3O4S2/c1-12(2)23-16-9-6-14(10-17(16)28-19(23)25)21-18(24)11-22(3)29(26,27)15-7-4-13(20)5-8-15/h4-10,12H,11H2,1-3H3,(H,21,24). The molecule has 10 heteroatoms. The summed E-state index contributed by atoms with van der Waals surface area (Å²) in [7, 11) is -2.48. The monoisotopic (exact) mass is 453 g/mol. The van der Waals surface area contributed by atoms with Gasteiger partial charge in [0.15, 0.2) is 0 Å². The van der Waals surface area contributed by atoms with Crippen molar-refractivity contribution in [2.24, 2.45) is 0 Å². The number of nitrogens with one attached hydrogen (secondary N) is 1. The van der Waals surface area contributed by atoms with Gasteiger partial charge in [0.05, 0.1) is 21.7 Å². The summed E-state index contributed by atoms with van der Waals surface area (Å²) >= 11 is 6.90. The van der Waals surface area contributed by atoms with Gasteiger partial charge in [-0.15, -0.1) is 0 Å². The van der Waals surface area contributed by atoms with Gasteiger partial charge in [-0.2, -0.15) is 4.31 Å². The van der Waals surface area contributed by atoms with Gasteiger partial charge >= 0.3 is 4.87 Å². The number of hydrogen-bond donors (Lipinski definition) is 1. The number of carbonyl (C=O) groups excluding carboxylic acids is 1. The topological polar surface area (TPSA) is 88.5 Å². The van der Waals surface area contributed by atoms with Crippen LogP contribution in [-0.4, -0.2) is 36.8 Å². The van der Waals surface area contributed by atoms with E-state index in [1.807, 2.05) is 13.8 Å². The van der Waals surface area contributed by atoms with Gasteiger partial charge in [0.2, 0.25) is 15.9 Å². The Morgan fingerprint density at radius 1 is 1.21 bits per heavy atom. The summed E-state index contributed by atoms with van der Waals surface area (Å²) in [5, 5.41) is 3.11. The van der Waals surface area contributed by atoms with Crippen LogP contribution in [-0.2, 0) is 14.8 Å². The maximum Gasteiger partial charge on any atom is 0.308 e. The number of sulfonamides is 1. The third-order valence-electron chi connectivity index (χ3n) is 4.30. The molecule has 7 nitrogen and oxygen atoms in total. The minimum Gasteiger partial charge on any atom is -0.325 e. The summed E-state index contributed by atoms with van der Waals surface area (Å²) in [5.41, 5.74) is 1.30. The zero-order valence-electron chi connectivity index (χ0n) is 16.0. The smallest absolute Gasteiger partial charge is 0.308 e. The molecule has 0 aliphatic carbocycles. The molecule has 0 radical (unpaired) electrons. The van der Waals surface area contributed by atoms with Gasteiger partial charge in [-0.05, 0) is 56.3 Å². The van der Waals surface area contributed by atoms with Crippen molar-refractivity contribution in [1.29, 1.82) is 0 Å². The van der Waals surface area contributed by atoms with E-state index in [0.29, 0.717) is 10.7 Å². The van der Waals surface area contributed by atoms with E-state index in [2.05, 4.69) is 5.32 Å². The Balaban J connectivity index is 1.75. The Labute approximate surface area is 177 Å². The SMILES string of the molecule is CC(C)n1c(=O)sc2cc(NC(=O)CN(C)S(=O)(=O)c3ccc(Cl)cc3)ccc21. The molecule has 1 N–H and O–H groups in total. The molecule has 0 spiro atoms. The van der Waals surface area contributed by atoms with E-state index in [-0.39, 0.29) is 22.4 Å². The van der Waals surface area contributed by atoms with E-state index in [4.69, 9.17) is 11.6 Å². The minimum atomic E-state index is -3.82. The largest absolute Gasteiger partial charge is 0.325 e. The molecular weight excluding hydrogens is 434 g/mol. The number of rotatable bonds is 6. The van der Waals surface area contributed by atoms with Crippen molar-refractivity contribution < 1.29 is 13.2 Å². The fraction of sp³-hybridized carbons (Fsp3) is 0.263. The average Bonchev–Trinajstić information content (AvgIpc) is 2.97. The summed E-state index contributed by atoms with van der Waals surface area (Å²) in [5.74, 6) is -0.486. The van der Waals surface area contributed by atoms with Gasteiger partial charge in [-0.1, -0.05) is 22.9 Å². The first-order chi connectivity index (χ1) is 13.6. The Hall–Kier alpha value is -2.20. The van der Waals surface area contributed by atoms with Crippen LogP contribution >= 0.6 is 22.9 Å². The molecule has 0 bridgehead atoms. The van der Waals surface area contributed by atoms with Crippen LogP contribution in [0.25, 0.3) is 10.2 Å². The van der Waals surface area contributed by atoms with Crippen LogP contribution in [0.1, 0.15) is 19.9 Å². The normalized spacial score (nSPS) is 12.1. The van der Waals surface area contributed by atoms with Crippen molar-refractivity contribution in [2.45, 2.75) is 24.8 Å². The van der Waals surface area contributed by atoms with Crippen molar-refractivity contribution >= 4 is 54.8 Å². The average molecular weight is 454 g/mol. The molecule has 3 aromatic rings. The predicted octanol–water partition coefficient (Wildman–Crippen LogP) is 3.56. The zero-order valence-corrected chi connectivity index (χ0v) is 18.4. The zero-order chi connectivity index (χ0) is 21.3. The highest BCUT2D eigenvalue weighted by Crippen LogP contribution is 2.24. The maximum absolute atomic E-state index is 12.6. The fourth-order valence-corrected chi connectivity index (χ4v) is 5.18. The van der Waals surface area contributed by atoms with E-state index in [0.717, 1.165) is 25.9 Å². The molecule has 0 saturated heterocycles. The number of benzene rings is 2. The Morgan fingerprint density at radius 3 is 2.48 bits per heavy atom. The molecule has 0 unspecified atom stereocenters. The Kier molecular flexibility index (Phi) is 6.13. The van der Waals surface area contributed by atoms with Gasteiger partial charge in [-0.3, -0.25) is 14.2 Å². The number of halogens is 1. The summed E-state index contributed by atoms with van der Waals surface area (Å²) in [4.78, 5) is 24.5. The maximum atomic E-state index is 12.6. The lowest BCUT2D eigenvalue weighted by molar-refractivity contribution is -0.116. The first-order valence-corrected chi connectivity index (χ1v) is 11.4. The third kappa shape index (κ3) is 4.53. The van der Waals surface area contributed by atoms with Gasteiger partial charge in [0.25, 0.3) is 0 Å². The van der Waals surface area contributed by atoms with Crippen LogP contribution < -0.4 is 10.2 Å². The summed E-state index contributed by atoms with van der Waals surface area (Å²) in [6.07, 6.45) is 0. The van der Waals surface area contributed by atoms with Crippen molar-refractivity contribution in [3.05, 3.63) is 57.2 Å². The molecule has 29 heavy (non-hydrogen) atoms. The van der Waals surface area contributed by atoms with Crippen LogP contribution in [0.5, 0.6) is 0 Å².